The lowest BCUT2D eigenvalue weighted by Gasteiger charge is -2.43. The van der Waals surface area contributed by atoms with Crippen molar-refractivity contribution in [1.82, 2.24) is 0 Å². The van der Waals surface area contributed by atoms with E-state index < -0.39 is 8.32 Å². The van der Waals surface area contributed by atoms with E-state index in [4.69, 9.17) is 9.16 Å². The molecule has 0 aliphatic heterocycles. The minimum absolute atomic E-state index is 0.0686. The van der Waals surface area contributed by atoms with Gasteiger partial charge in [0.1, 0.15) is 6.10 Å². The molecule has 0 spiro atoms. The van der Waals surface area contributed by atoms with E-state index in [0.717, 1.165) is 5.56 Å². The highest BCUT2D eigenvalue weighted by Crippen LogP contribution is 2.36. The van der Waals surface area contributed by atoms with Gasteiger partial charge in [0.25, 0.3) is 8.32 Å². The van der Waals surface area contributed by atoms with Gasteiger partial charge in [-0.05, 0) is 27.5 Å². The highest BCUT2D eigenvalue weighted by Gasteiger charge is 2.50. The number of ether oxygens (including phenoxy) is 1. The Bertz CT molecular complexity index is 928. The van der Waals surface area contributed by atoms with E-state index in [2.05, 4.69) is 93.3 Å². The number of methoxy groups -OCH3 is 1. The van der Waals surface area contributed by atoms with Crippen molar-refractivity contribution in [1.29, 1.82) is 0 Å². The Morgan fingerprint density at radius 2 is 1.23 bits per heavy atom. The maximum Gasteiger partial charge on any atom is 0.261 e. The second-order valence-corrected chi connectivity index (χ2v) is 12.6. The summed E-state index contributed by atoms with van der Waals surface area (Å²) in [6.07, 6.45) is -0.299. The van der Waals surface area contributed by atoms with Crippen LogP contribution in [0, 0.1) is 11.8 Å². The number of benzene rings is 3. The van der Waals surface area contributed by atoms with Crippen LogP contribution in [-0.4, -0.2) is 28.1 Å². The van der Waals surface area contributed by atoms with Gasteiger partial charge in [-0.2, -0.15) is 0 Å². The normalized spacial score (nSPS) is 12.7. The second-order valence-electron chi connectivity index (χ2n) is 8.33. The van der Waals surface area contributed by atoms with Crippen LogP contribution in [0.15, 0.2) is 91.0 Å². The first-order valence-corrected chi connectivity index (χ1v) is 12.2. The van der Waals surface area contributed by atoms with Crippen LogP contribution >= 0.6 is 0 Å². The first-order chi connectivity index (χ1) is 14.5. The van der Waals surface area contributed by atoms with E-state index >= 15 is 0 Å². The molecule has 154 valence electrons. The quantitative estimate of drug-likeness (QED) is 0.432. The average molecular weight is 415 g/mol. The zero-order valence-electron chi connectivity index (χ0n) is 18.3. The highest BCUT2D eigenvalue weighted by atomic mass is 28.4. The van der Waals surface area contributed by atoms with Gasteiger partial charge in [0.15, 0.2) is 0 Å². The predicted octanol–water partition coefficient (Wildman–Crippen LogP) is 4.63. The average Bonchev–Trinajstić information content (AvgIpc) is 2.77. The third-order valence-electron chi connectivity index (χ3n) is 5.30. The Balaban J connectivity index is 1.98. The standard InChI is InChI=1S/C27H30O2Si/c1-27(2,3)30(25-16-10-6-11-17-25,26-18-12-7-13-19-26)29-22-24(28-4)21-20-23-14-8-5-9-15-23/h5-19,24H,22H2,1-4H3/t24-/m1/s1. The van der Waals surface area contributed by atoms with Crippen LogP contribution in [0.25, 0.3) is 0 Å². The third kappa shape index (κ3) is 4.91. The molecule has 3 aromatic carbocycles. The van der Waals surface area contributed by atoms with Crippen molar-refractivity contribution in [2.24, 2.45) is 0 Å². The molecule has 1 atom stereocenters. The molecular weight excluding hydrogens is 384 g/mol. The van der Waals surface area contributed by atoms with Crippen molar-refractivity contribution in [2.45, 2.75) is 31.9 Å². The van der Waals surface area contributed by atoms with Crippen LogP contribution in [0.5, 0.6) is 0 Å². The SMILES string of the molecule is CO[C@H](C#Cc1ccccc1)CO[Si](c1ccccc1)(c1ccccc1)C(C)(C)C. The Morgan fingerprint density at radius 3 is 1.67 bits per heavy atom. The fourth-order valence-corrected chi connectivity index (χ4v) is 8.37. The fourth-order valence-electron chi connectivity index (χ4n) is 3.82. The first kappa shape index (κ1) is 22.1. The maximum atomic E-state index is 6.92. The molecule has 0 radical (unpaired) electrons. The van der Waals surface area contributed by atoms with Crippen molar-refractivity contribution in [3.63, 3.8) is 0 Å². The van der Waals surface area contributed by atoms with Crippen LogP contribution in [0.1, 0.15) is 26.3 Å². The zero-order valence-corrected chi connectivity index (χ0v) is 19.3. The summed E-state index contributed by atoms with van der Waals surface area (Å²) in [5.74, 6) is 6.45. The van der Waals surface area contributed by atoms with E-state index in [9.17, 15) is 0 Å². The largest absolute Gasteiger partial charge is 0.404 e. The predicted molar refractivity (Wildman–Crippen MR) is 128 cm³/mol. The van der Waals surface area contributed by atoms with Crippen molar-refractivity contribution >= 4 is 18.7 Å². The van der Waals surface area contributed by atoms with E-state index in [0.29, 0.717) is 6.61 Å². The van der Waals surface area contributed by atoms with Crippen molar-refractivity contribution in [3.8, 4) is 11.8 Å². The fraction of sp³-hybridized carbons (Fsp3) is 0.259. The molecule has 3 heteroatoms. The van der Waals surface area contributed by atoms with Crippen LogP contribution < -0.4 is 10.4 Å². The Labute approximate surface area is 182 Å². The minimum Gasteiger partial charge on any atom is -0.404 e. The molecule has 0 heterocycles. The van der Waals surface area contributed by atoms with E-state index in [1.165, 1.54) is 10.4 Å². The molecule has 0 saturated heterocycles. The van der Waals surface area contributed by atoms with E-state index in [1.807, 2.05) is 30.3 Å². The first-order valence-electron chi connectivity index (χ1n) is 10.3. The molecule has 0 saturated carbocycles. The molecule has 0 aliphatic carbocycles. The van der Waals surface area contributed by atoms with Gasteiger partial charge in [-0.3, -0.25) is 0 Å². The molecule has 3 rings (SSSR count). The number of hydrogen-bond donors (Lipinski definition) is 0. The van der Waals surface area contributed by atoms with Crippen molar-refractivity contribution < 1.29 is 9.16 Å². The number of hydrogen-bond acceptors (Lipinski definition) is 2. The van der Waals surface area contributed by atoms with Crippen LogP contribution in [0.2, 0.25) is 5.04 Å². The van der Waals surface area contributed by atoms with Gasteiger partial charge in [-0.15, -0.1) is 0 Å². The van der Waals surface area contributed by atoms with Crippen molar-refractivity contribution in [2.75, 3.05) is 13.7 Å². The molecule has 30 heavy (non-hydrogen) atoms. The maximum absolute atomic E-state index is 6.92. The summed E-state index contributed by atoms with van der Waals surface area (Å²) < 4.78 is 12.6. The summed E-state index contributed by atoms with van der Waals surface area (Å²) >= 11 is 0. The zero-order chi connectivity index (χ0) is 21.5. The second kappa shape index (κ2) is 9.91. The van der Waals surface area contributed by atoms with Gasteiger partial charge >= 0.3 is 0 Å². The van der Waals surface area contributed by atoms with Crippen molar-refractivity contribution in [3.05, 3.63) is 96.6 Å². The van der Waals surface area contributed by atoms with Gasteiger partial charge < -0.3 is 9.16 Å². The summed E-state index contributed by atoms with van der Waals surface area (Å²) in [5, 5.41) is 2.45. The molecule has 0 fully saturated rings. The van der Waals surface area contributed by atoms with Crippen LogP contribution in [0.4, 0.5) is 0 Å². The van der Waals surface area contributed by atoms with Crippen LogP contribution in [0.3, 0.4) is 0 Å². The molecule has 0 amide bonds. The highest BCUT2D eigenvalue weighted by molar-refractivity contribution is 6.99. The minimum atomic E-state index is -2.58. The van der Waals surface area contributed by atoms with Gasteiger partial charge in [0, 0.05) is 12.7 Å². The van der Waals surface area contributed by atoms with Gasteiger partial charge in [-0.1, -0.05) is 111 Å². The molecule has 3 aromatic rings. The summed E-state index contributed by atoms with van der Waals surface area (Å²) in [5.41, 5.74) is 0.977. The number of rotatable bonds is 6. The molecule has 0 N–H and O–H groups in total. The van der Waals surface area contributed by atoms with Gasteiger partial charge in [-0.25, -0.2) is 0 Å². The lowest BCUT2D eigenvalue weighted by Crippen LogP contribution is -2.67. The van der Waals surface area contributed by atoms with Gasteiger partial charge in [0.05, 0.1) is 6.61 Å². The van der Waals surface area contributed by atoms with E-state index in [1.54, 1.807) is 7.11 Å². The molecule has 0 bridgehead atoms. The summed E-state index contributed by atoms with van der Waals surface area (Å²) in [4.78, 5) is 0. The summed E-state index contributed by atoms with van der Waals surface area (Å²) in [6, 6.07) is 31.3. The molecule has 0 aromatic heterocycles. The Kier molecular flexibility index (Phi) is 7.28. The topological polar surface area (TPSA) is 18.5 Å². The lowest BCUT2D eigenvalue weighted by molar-refractivity contribution is 0.0941. The Morgan fingerprint density at radius 1 is 0.767 bits per heavy atom. The molecule has 0 unspecified atom stereocenters. The third-order valence-corrected chi connectivity index (χ3v) is 10.3. The lowest BCUT2D eigenvalue weighted by atomic mass is 10.2. The van der Waals surface area contributed by atoms with Crippen LogP contribution in [-0.2, 0) is 9.16 Å². The molecular formula is C27H30O2Si. The van der Waals surface area contributed by atoms with E-state index in [-0.39, 0.29) is 11.1 Å². The molecule has 0 aliphatic rings. The summed E-state index contributed by atoms with van der Waals surface area (Å²) in [7, 11) is -0.891. The molecule has 2 nitrogen and oxygen atoms in total. The summed E-state index contributed by atoms with van der Waals surface area (Å²) in [6.45, 7) is 7.24. The Hall–Kier alpha value is -2.64. The van der Waals surface area contributed by atoms with Gasteiger partial charge in [0.2, 0.25) is 0 Å². The monoisotopic (exact) mass is 414 g/mol. The smallest absolute Gasteiger partial charge is 0.261 e.